The molecule has 0 rings (SSSR count). The first-order valence-corrected chi connectivity index (χ1v) is 10.1. The summed E-state index contributed by atoms with van der Waals surface area (Å²) in [5.74, 6) is 0.0860. The zero-order valence-corrected chi connectivity index (χ0v) is 15.8. The van der Waals surface area contributed by atoms with Crippen molar-refractivity contribution in [1.82, 2.24) is 10.8 Å². The minimum atomic E-state index is 0.0860. The molecular weight excluding hydrogens is 300 g/mol. The largest absolute Gasteiger partial charge is 0.355 e. The maximum atomic E-state index is 11.4. The van der Waals surface area contributed by atoms with E-state index in [2.05, 4.69) is 24.4 Å². The van der Waals surface area contributed by atoms with Crippen molar-refractivity contribution in [3.8, 4) is 0 Å². The Bertz CT molecular complexity index is 293. The van der Waals surface area contributed by atoms with Crippen LogP contribution in [-0.2, 0) is 4.79 Å². The molecule has 0 saturated carbocycles. The van der Waals surface area contributed by atoms with Crippen LogP contribution in [0.25, 0.3) is 0 Å². The highest BCUT2D eigenvalue weighted by Gasteiger charge is 1.99. The fourth-order valence-electron chi connectivity index (χ4n) is 2.70. The van der Waals surface area contributed by atoms with Gasteiger partial charge in [0.15, 0.2) is 0 Å². The fraction of sp³-hybridized carbons (Fsp3) is 0.850. The Labute approximate surface area is 149 Å². The molecule has 0 fully saturated rings. The molecule has 0 aliphatic rings. The molecule has 0 aromatic rings. The summed E-state index contributed by atoms with van der Waals surface area (Å²) in [5.41, 5.74) is 2.02. The number of amides is 1. The van der Waals surface area contributed by atoms with Gasteiger partial charge in [0, 0.05) is 19.5 Å². The van der Waals surface area contributed by atoms with Crippen molar-refractivity contribution in [1.29, 1.82) is 0 Å². The normalized spacial score (nSPS) is 11.2. The summed E-state index contributed by atoms with van der Waals surface area (Å²) in [7, 11) is 0. The molecule has 3 N–H and O–H groups in total. The molecule has 0 radical (unpaired) electrons. The molecule has 0 unspecified atom stereocenters. The van der Waals surface area contributed by atoms with Crippen molar-refractivity contribution >= 4 is 5.91 Å². The number of nitrogens with one attached hydrogen (secondary N) is 2. The quantitative estimate of drug-likeness (QED) is 0.184. The zero-order chi connectivity index (χ0) is 17.7. The molecule has 142 valence electrons. The van der Waals surface area contributed by atoms with Gasteiger partial charge in [-0.1, -0.05) is 70.4 Å². The van der Waals surface area contributed by atoms with Crippen LogP contribution < -0.4 is 10.8 Å². The molecule has 0 aromatic heterocycles. The van der Waals surface area contributed by atoms with E-state index in [-0.39, 0.29) is 5.91 Å². The van der Waals surface area contributed by atoms with Gasteiger partial charge >= 0.3 is 0 Å². The van der Waals surface area contributed by atoms with Crippen LogP contribution in [0, 0.1) is 0 Å². The van der Waals surface area contributed by atoms with Crippen molar-refractivity contribution in [2.75, 3.05) is 13.1 Å². The van der Waals surface area contributed by atoms with Crippen LogP contribution >= 0.6 is 0 Å². The lowest BCUT2D eigenvalue weighted by Crippen LogP contribution is -2.30. The third kappa shape index (κ3) is 19.2. The van der Waals surface area contributed by atoms with Crippen molar-refractivity contribution in [3.05, 3.63) is 12.2 Å². The lowest BCUT2D eigenvalue weighted by atomic mass is 10.1. The number of hydrogen-bond donors (Lipinski definition) is 3. The number of hydroxylamine groups is 1. The zero-order valence-electron chi connectivity index (χ0n) is 15.8. The van der Waals surface area contributed by atoms with Crippen molar-refractivity contribution in [2.45, 2.75) is 96.8 Å². The highest BCUT2D eigenvalue weighted by molar-refractivity contribution is 5.75. The van der Waals surface area contributed by atoms with Crippen LogP contribution in [0.5, 0.6) is 0 Å². The summed E-state index contributed by atoms with van der Waals surface area (Å²) >= 11 is 0. The Balaban J connectivity index is 3.16. The van der Waals surface area contributed by atoms with Gasteiger partial charge < -0.3 is 10.5 Å². The summed E-state index contributed by atoms with van der Waals surface area (Å²) in [5, 5.41) is 11.2. The summed E-state index contributed by atoms with van der Waals surface area (Å²) < 4.78 is 0. The minimum Gasteiger partial charge on any atom is -0.355 e. The topological polar surface area (TPSA) is 61.4 Å². The second kappa shape index (κ2) is 20.2. The number of unbranched alkanes of at least 4 members (excludes halogenated alkanes) is 11. The van der Waals surface area contributed by atoms with Crippen molar-refractivity contribution in [2.24, 2.45) is 0 Å². The van der Waals surface area contributed by atoms with Gasteiger partial charge in [-0.15, -0.1) is 0 Å². The average molecular weight is 341 g/mol. The fourth-order valence-corrected chi connectivity index (χ4v) is 2.70. The third-order valence-corrected chi connectivity index (χ3v) is 4.22. The van der Waals surface area contributed by atoms with Crippen molar-refractivity contribution < 1.29 is 10.0 Å². The van der Waals surface area contributed by atoms with E-state index in [1.54, 1.807) is 0 Å². The molecule has 0 aliphatic heterocycles. The predicted molar refractivity (Wildman–Crippen MR) is 102 cm³/mol. The van der Waals surface area contributed by atoms with E-state index in [1.165, 1.54) is 70.6 Å². The molecule has 0 atom stereocenters. The Hall–Kier alpha value is -0.870. The van der Waals surface area contributed by atoms with Gasteiger partial charge in [-0.2, -0.15) is 0 Å². The summed E-state index contributed by atoms with van der Waals surface area (Å²) in [4.78, 5) is 11.4. The van der Waals surface area contributed by atoms with Gasteiger partial charge in [0.05, 0.1) is 0 Å². The second-order valence-electron chi connectivity index (χ2n) is 6.59. The maximum absolute atomic E-state index is 11.4. The number of allylic oxidation sites excluding steroid dienone is 2. The van der Waals surface area contributed by atoms with E-state index in [0.29, 0.717) is 19.5 Å². The lowest BCUT2D eigenvalue weighted by molar-refractivity contribution is -0.121. The van der Waals surface area contributed by atoms with Gasteiger partial charge in [-0.05, 0) is 32.1 Å². The molecule has 0 spiro atoms. The highest BCUT2D eigenvalue weighted by Crippen LogP contribution is 2.09. The van der Waals surface area contributed by atoms with Crippen LogP contribution in [0.1, 0.15) is 96.8 Å². The number of carbonyl (C=O) groups is 1. The van der Waals surface area contributed by atoms with Crippen LogP contribution in [0.15, 0.2) is 12.2 Å². The summed E-state index contributed by atoms with van der Waals surface area (Å²) in [6.45, 7) is 3.15. The van der Waals surface area contributed by atoms with Crippen LogP contribution in [-0.4, -0.2) is 24.2 Å². The first-order valence-electron chi connectivity index (χ1n) is 10.1. The molecule has 1 amide bonds. The Morgan fingerprint density at radius 2 is 1.33 bits per heavy atom. The van der Waals surface area contributed by atoms with Crippen LogP contribution in [0.3, 0.4) is 0 Å². The molecule has 4 heteroatoms. The van der Waals surface area contributed by atoms with Crippen molar-refractivity contribution in [3.63, 3.8) is 0 Å². The average Bonchev–Trinajstić information content (AvgIpc) is 2.58. The SMILES string of the molecule is CCCCCCCC/C=C\CCCCCCCC(=O)NCCNO. The first-order chi connectivity index (χ1) is 11.8. The molecule has 0 saturated heterocycles. The molecule has 24 heavy (non-hydrogen) atoms. The number of carbonyl (C=O) groups excluding carboxylic acids is 1. The standard InChI is InChI=1S/C20H40N2O2/c1-2-3-4-5-6-7-8-9-10-11-12-13-14-15-16-17-20(23)21-18-19-22-24/h9-10,22,24H,2-8,11-19H2,1H3,(H,21,23)/b10-9-. The first kappa shape index (κ1) is 23.1. The van der Waals surface area contributed by atoms with E-state index >= 15 is 0 Å². The molecule has 0 aliphatic carbocycles. The Morgan fingerprint density at radius 1 is 0.792 bits per heavy atom. The molecule has 0 bridgehead atoms. The Morgan fingerprint density at radius 3 is 1.92 bits per heavy atom. The third-order valence-electron chi connectivity index (χ3n) is 4.22. The van der Waals surface area contributed by atoms with E-state index < -0.39 is 0 Å². The second-order valence-corrected chi connectivity index (χ2v) is 6.59. The number of rotatable bonds is 18. The van der Waals surface area contributed by atoms with E-state index in [1.807, 2.05) is 5.48 Å². The smallest absolute Gasteiger partial charge is 0.220 e. The maximum Gasteiger partial charge on any atom is 0.220 e. The molecular formula is C20H40N2O2. The predicted octanol–water partition coefficient (Wildman–Crippen LogP) is 5.12. The lowest BCUT2D eigenvalue weighted by Gasteiger charge is -2.04. The van der Waals surface area contributed by atoms with Gasteiger partial charge in [-0.3, -0.25) is 4.79 Å². The van der Waals surface area contributed by atoms with Gasteiger partial charge in [0.1, 0.15) is 0 Å². The van der Waals surface area contributed by atoms with E-state index in [0.717, 1.165) is 12.8 Å². The minimum absolute atomic E-state index is 0.0860. The molecule has 4 nitrogen and oxygen atoms in total. The van der Waals surface area contributed by atoms with Gasteiger partial charge in [-0.25, -0.2) is 5.48 Å². The van der Waals surface area contributed by atoms with E-state index in [4.69, 9.17) is 5.21 Å². The summed E-state index contributed by atoms with van der Waals surface area (Å²) in [6, 6.07) is 0. The monoisotopic (exact) mass is 340 g/mol. The molecule has 0 heterocycles. The van der Waals surface area contributed by atoms with Gasteiger partial charge in [0.2, 0.25) is 5.91 Å². The van der Waals surface area contributed by atoms with Crippen LogP contribution in [0.4, 0.5) is 0 Å². The Kier molecular flexibility index (Phi) is 19.4. The molecule has 0 aromatic carbocycles. The van der Waals surface area contributed by atoms with Gasteiger partial charge in [0.25, 0.3) is 0 Å². The van der Waals surface area contributed by atoms with Crippen LogP contribution in [0.2, 0.25) is 0 Å². The van der Waals surface area contributed by atoms with E-state index in [9.17, 15) is 4.79 Å². The summed E-state index contributed by atoms with van der Waals surface area (Å²) in [6.07, 6.45) is 21.8. The number of hydrogen-bond acceptors (Lipinski definition) is 3. The highest BCUT2D eigenvalue weighted by atomic mass is 16.5.